The van der Waals surface area contributed by atoms with Gasteiger partial charge in [0.05, 0.1) is 6.20 Å². The zero-order valence-corrected chi connectivity index (χ0v) is 14.8. The van der Waals surface area contributed by atoms with E-state index in [1.54, 1.807) is 24.0 Å². The highest BCUT2D eigenvalue weighted by atomic mass is 32.2. The van der Waals surface area contributed by atoms with Gasteiger partial charge in [-0.1, -0.05) is 36.0 Å². The highest BCUT2D eigenvalue weighted by Crippen LogP contribution is 2.30. The third-order valence-corrected chi connectivity index (χ3v) is 5.38. The minimum absolute atomic E-state index is 0.324. The molecule has 5 heteroatoms. The molecule has 2 aromatic heterocycles. The van der Waals surface area contributed by atoms with Crippen LogP contribution in [0.4, 0.5) is 0 Å². The molecule has 0 fully saturated rings. The first-order valence-corrected chi connectivity index (χ1v) is 8.97. The van der Waals surface area contributed by atoms with E-state index >= 15 is 0 Å². The van der Waals surface area contributed by atoms with E-state index in [-0.39, 0.29) is 5.63 Å². The summed E-state index contributed by atoms with van der Waals surface area (Å²) in [6, 6.07) is 13.6. The van der Waals surface area contributed by atoms with E-state index in [0.717, 1.165) is 32.3 Å². The number of aromatic nitrogens is 2. The highest BCUT2D eigenvalue weighted by molar-refractivity contribution is 7.98. The Bertz CT molecular complexity index is 1150. The Morgan fingerprint density at radius 3 is 2.72 bits per heavy atom. The zero-order chi connectivity index (χ0) is 17.4. The molecule has 0 aliphatic heterocycles. The predicted molar refractivity (Wildman–Crippen MR) is 101 cm³/mol. The molecule has 2 heterocycles. The third-order valence-electron chi connectivity index (χ3n) is 4.35. The molecule has 4 rings (SSSR count). The van der Waals surface area contributed by atoms with Gasteiger partial charge in [0.2, 0.25) is 0 Å². The number of thioether (sulfide) groups is 1. The SMILES string of the molecule is Cc1cc2oc(=O)cc(CSc3nncc4ccccc34)c2cc1C. The molecule has 0 bridgehead atoms. The van der Waals surface area contributed by atoms with E-state index in [9.17, 15) is 4.79 Å². The number of hydrogen-bond donors (Lipinski definition) is 0. The van der Waals surface area contributed by atoms with Crippen LogP contribution in [-0.4, -0.2) is 10.2 Å². The normalized spacial score (nSPS) is 11.3. The summed E-state index contributed by atoms with van der Waals surface area (Å²) in [7, 11) is 0. The van der Waals surface area contributed by atoms with E-state index < -0.39 is 0 Å². The summed E-state index contributed by atoms with van der Waals surface area (Å²) in [5.41, 5.74) is 3.55. The average Bonchev–Trinajstić information content (AvgIpc) is 2.61. The van der Waals surface area contributed by atoms with Crippen molar-refractivity contribution in [3.63, 3.8) is 0 Å². The summed E-state index contributed by atoms with van der Waals surface area (Å²) in [4.78, 5) is 11.9. The van der Waals surface area contributed by atoms with Crippen LogP contribution < -0.4 is 5.63 Å². The van der Waals surface area contributed by atoms with Crippen molar-refractivity contribution < 1.29 is 4.42 Å². The van der Waals surface area contributed by atoms with Crippen LogP contribution in [0.2, 0.25) is 0 Å². The smallest absolute Gasteiger partial charge is 0.336 e. The molecule has 4 aromatic rings. The minimum Gasteiger partial charge on any atom is -0.423 e. The number of aryl methyl sites for hydroxylation is 2. The maximum Gasteiger partial charge on any atom is 0.336 e. The van der Waals surface area contributed by atoms with Gasteiger partial charge in [0.15, 0.2) is 0 Å². The second-order valence-corrected chi connectivity index (χ2v) is 7.01. The van der Waals surface area contributed by atoms with Gasteiger partial charge in [-0.3, -0.25) is 0 Å². The van der Waals surface area contributed by atoms with Gasteiger partial charge in [0.1, 0.15) is 10.6 Å². The first kappa shape index (κ1) is 15.8. The van der Waals surface area contributed by atoms with Crippen molar-refractivity contribution in [1.29, 1.82) is 0 Å². The molecule has 2 aromatic carbocycles. The van der Waals surface area contributed by atoms with Gasteiger partial charge in [-0.15, -0.1) is 5.10 Å². The highest BCUT2D eigenvalue weighted by Gasteiger charge is 2.10. The molecule has 4 nitrogen and oxygen atoms in total. The van der Waals surface area contributed by atoms with Gasteiger partial charge in [-0.05, 0) is 42.7 Å². The lowest BCUT2D eigenvalue weighted by atomic mass is 10.0. The van der Waals surface area contributed by atoms with Crippen LogP contribution in [0.15, 0.2) is 62.9 Å². The standard InChI is InChI=1S/C20H16N2O2S/c1-12-7-17-15(9-19(23)24-18(17)8-13(12)2)11-25-20-16-6-4-3-5-14(16)10-21-22-20/h3-10H,11H2,1-2H3. The number of benzene rings is 2. The second-order valence-electron chi connectivity index (χ2n) is 6.05. The lowest BCUT2D eigenvalue weighted by molar-refractivity contribution is 0.559. The molecule has 0 unspecified atom stereocenters. The summed E-state index contributed by atoms with van der Waals surface area (Å²) in [5, 5.41) is 12.3. The largest absolute Gasteiger partial charge is 0.423 e. The zero-order valence-electron chi connectivity index (χ0n) is 13.9. The summed E-state index contributed by atoms with van der Waals surface area (Å²) in [6.07, 6.45) is 1.76. The van der Waals surface area contributed by atoms with Gasteiger partial charge in [0.25, 0.3) is 0 Å². The van der Waals surface area contributed by atoms with E-state index in [4.69, 9.17) is 4.42 Å². The molecule has 0 aliphatic carbocycles. The fourth-order valence-electron chi connectivity index (χ4n) is 2.86. The quantitative estimate of drug-likeness (QED) is 0.398. The average molecular weight is 348 g/mol. The van der Waals surface area contributed by atoms with Crippen LogP contribution in [0.5, 0.6) is 0 Å². The number of hydrogen-bond acceptors (Lipinski definition) is 5. The number of nitrogens with zero attached hydrogens (tertiary/aromatic N) is 2. The lowest BCUT2D eigenvalue weighted by Gasteiger charge is -2.08. The summed E-state index contributed by atoms with van der Waals surface area (Å²) < 4.78 is 5.37. The van der Waals surface area contributed by atoms with Crippen molar-refractivity contribution in [2.45, 2.75) is 24.6 Å². The van der Waals surface area contributed by atoms with Gasteiger partial charge in [-0.25, -0.2) is 4.79 Å². The molecule has 124 valence electrons. The van der Waals surface area contributed by atoms with Crippen molar-refractivity contribution in [1.82, 2.24) is 10.2 Å². The Morgan fingerprint density at radius 1 is 1.04 bits per heavy atom. The van der Waals surface area contributed by atoms with Crippen LogP contribution in [0.1, 0.15) is 16.7 Å². The molecule has 0 aliphatic rings. The Hall–Kier alpha value is -2.66. The van der Waals surface area contributed by atoms with Crippen LogP contribution in [0.3, 0.4) is 0 Å². The molecule has 0 saturated heterocycles. The molecule has 0 atom stereocenters. The van der Waals surface area contributed by atoms with Gasteiger partial charge >= 0.3 is 5.63 Å². The molecule has 0 saturated carbocycles. The fraction of sp³-hybridized carbons (Fsp3) is 0.150. The van der Waals surface area contributed by atoms with Crippen LogP contribution in [0, 0.1) is 13.8 Å². The lowest BCUT2D eigenvalue weighted by Crippen LogP contribution is -2.01. The summed E-state index contributed by atoms with van der Waals surface area (Å²) >= 11 is 1.58. The first-order valence-electron chi connectivity index (χ1n) is 7.99. The maximum atomic E-state index is 11.9. The molecule has 0 spiro atoms. The molecule has 0 radical (unpaired) electrons. The molecular formula is C20H16N2O2S. The summed E-state index contributed by atoms with van der Waals surface area (Å²) in [6.45, 7) is 4.08. The molecule has 25 heavy (non-hydrogen) atoms. The van der Waals surface area contributed by atoms with Gasteiger partial charge < -0.3 is 4.42 Å². The molecule has 0 amide bonds. The van der Waals surface area contributed by atoms with Crippen molar-refractivity contribution in [3.05, 3.63) is 75.8 Å². The summed E-state index contributed by atoms with van der Waals surface area (Å²) in [5.74, 6) is 0.632. The van der Waals surface area contributed by atoms with E-state index in [2.05, 4.69) is 23.2 Å². The van der Waals surface area contributed by atoms with E-state index in [1.165, 1.54) is 5.56 Å². The second kappa shape index (κ2) is 6.33. The van der Waals surface area contributed by atoms with Gasteiger partial charge in [0, 0.05) is 28.0 Å². The Labute approximate surface area is 148 Å². The van der Waals surface area contributed by atoms with E-state index in [0.29, 0.717) is 11.3 Å². The van der Waals surface area contributed by atoms with Crippen molar-refractivity contribution >= 4 is 33.5 Å². The number of fused-ring (bicyclic) bond motifs is 2. The Kier molecular flexibility index (Phi) is 4.01. The molecule has 0 N–H and O–H groups in total. The predicted octanol–water partition coefficient (Wildman–Crippen LogP) is 4.65. The van der Waals surface area contributed by atoms with Crippen molar-refractivity contribution in [3.8, 4) is 0 Å². The van der Waals surface area contributed by atoms with E-state index in [1.807, 2.05) is 37.3 Å². The van der Waals surface area contributed by atoms with Crippen LogP contribution >= 0.6 is 11.8 Å². The number of rotatable bonds is 3. The van der Waals surface area contributed by atoms with Crippen molar-refractivity contribution in [2.24, 2.45) is 0 Å². The van der Waals surface area contributed by atoms with Crippen LogP contribution in [0.25, 0.3) is 21.7 Å². The van der Waals surface area contributed by atoms with Crippen LogP contribution in [-0.2, 0) is 5.75 Å². The van der Waals surface area contributed by atoms with Crippen molar-refractivity contribution in [2.75, 3.05) is 0 Å². The fourth-order valence-corrected chi connectivity index (χ4v) is 3.83. The minimum atomic E-state index is -0.324. The first-order chi connectivity index (χ1) is 12.1. The van der Waals surface area contributed by atoms with Gasteiger partial charge in [-0.2, -0.15) is 5.10 Å². The molecular weight excluding hydrogens is 332 g/mol. The maximum absolute atomic E-state index is 11.9. The third kappa shape index (κ3) is 3.03. The monoisotopic (exact) mass is 348 g/mol. The Balaban J connectivity index is 1.76. The Morgan fingerprint density at radius 2 is 1.84 bits per heavy atom. The topological polar surface area (TPSA) is 56.0 Å².